The van der Waals surface area contributed by atoms with Crippen LogP contribution in [0.15, 0.2) is 24.3 Å². The number of carbonyl (C=O) groups excluding carboxylic acids is 2. The first-order chi connectivity index (χ1) is 13.0. The second kappa shape index (κ2) is 8.28. The van der Waals surface area contributed by atoms with E-state index in [9.17, 15) is 24.3 Å². The number of carbonyl (C=O) groups is 4. The molecule has 3 N–H and O–H groups in total. The Morgan fingerprint density at radius 1 is 1.18 bits per heavy atom. The number of amides is 2. The van der Waals surface area contributed by atoms with Gasteiger partial charge in [-0.25, -0.2) is 9.59 Å². The van der Waals surface area contributed by atoms with Gasteiger partial charge in [-0.2, -0.15) is 0 Å². The summed E-state index contributed by atoms with van der Waals surface area (Å²) >= 11 is 0. The van der Waals surface area contributed by atoms with Gasteiger partial charge in [0, 0.05) is 13.0 Å². The predicted octanol–water partition coefficient (Wildman–Crippen LogP) is 1.39. The van der Waals surface area contributed by atoms with E-state index in [2.05, 4.69) is 5.32 Å². The molecule has 2 amide bonds. The molecular formula is C19H24N2O7. The number of aliphatic carboxylic acids is 2. The van der Waals surface area contributed by atoms with Gasteiger partial charge in [-0.1, -0.05) is 24.3 Å². The molecule has 0 bridgehead atoms. The highest BCUT2D eigenvalue weighted by atomic mass is 16.6. The lowest BCUT2D eigenvalue weighted by molar-refractivity contribution is -0.153. The van der Waals surface area contributed by atoms with Crippen LogP contribution in [-0.4, -0.2) is 56.7 Å². The molecule has 1 aromatic rings. The van der Waals surface area contributed by atoms with Crippen LogP contribution in [0.5, 0.6) is 0 Å². The van der Waals surface area contributed by atoms with E-state index in [-0.39, 0.29) is 13.0 Å². The summed E-state index contributed by atoms with van der Waals surface area (Å²) < 4.78 is 5.09. The van der Waals surface area contributed by atoms with Crippen molar-refractivity contribution in [3.63, 3.8) is 0 Å². The molecule has 1 heterocycles. The Balaban J connectivity index is 2.27. The van der Waals surface area contributed by atoms with Gasteiger partial charge >= 0.3 is 18.0 Å². The normalized spacial score (nSPS) is 17.2. The maximum Gasteiger partial charge on any atom is 0.408 e. The third-order valence-electron chi connectivity index (χ3n) is 4.18. The summed E-state index contributed by atoms with van der Waals surface area (Å²) in [5.74, 6) is -3.29. The minimum Gasteiger partial charge on any atom is -0.481 e. The molecule has 1 unspecified atom stereocenters. The molecule has 0 spiro atoms. The first-order valence-corrected chi connectivity index (χ1v) is 8.79. The number of alkyl carbamates (subject to hydrolysis) is 1. The number of fused-ring (bicyclic) bond motifs is 1. The number of carboxylic acid groups (broad SMARTS) is 2. The van der Waals surface area contributed by atoms with Crippen LogP contribution < -0.4 is 5.32 Å². The summed E-state index contributed by atoms with van der Waals surface area (Å²) in [6, 6.07) is 4.53. The van der Waals surface area contributed by atoms with Crippen LogP contribution in [0.1, 0.15) is 38.3 Å². The van der Waals surface area contributed by atoms with Crippen molar-refractivity contribution in [3.8, 4) is 0 Å². The van der Waals surface area contributed by atoms with Crippen LogP contribution >= 0.6 is 0 Å². The standard InChI is InChI=1S/C19H24N2O7/c1-19(2,3)28-18(27)20-13(9-15(22)23)16(24)21-10-12-7-5-4-6-11(12)8-14(21)17(25)26/h4-7,13-14H,8-10H2,1-3H3,(H,20,27)(H,22,23)(H,25,26)/t13?,14-/m0/s1. The summed E-state index contributed by atoms with van der Waals surface area (Å²) in [5.41, 5.74) is 0.753. The molecule has 9 heteroatoms. The molecule has 0 saturated heterocycles. The lowest BCUT2D eigenvalue weighted by Gasteiger charge is -2.36. The lowest BCUT2D eigenvalue weighted by atomic mass is 9.93. The summed E-state index contributed by atoms with van der Waals surface area (Å²) in [7, 11) is 0. The van der Waals surface area contributed by atoms with E-state index in [1.807, 2.05) is 0 Å². The Morgan fingerprint density at radius 2 is 1.79 bits per heavy atom. The number of nitrogens with zero attached hydrogens (tertiary/aromatic N) is 1. The van der Waals surface area contributed by atoms with Gasteiger partial charge in [-0.15, -0.1) is 0 Å². The molecule has 0 aromatic heterocycles. The van der Waals surface area contributed by atoms with Crippen molar-refractivity contribution in [2.24, 2.45) is 0 Å². The second-order valence-corrected chi connectivity index (χ2v) is 7.59. The molecule has 1 aliphatic rings. The van der Waals surface area contributed by atoms with Crippen molar-refractivity contribution >= 4 is 23.9 Å². The molecule has 9 nitrogen and oxygen atoms in total. The minimum absolute atomic E-state index is 0.0120. The number of hydrogen-bond donors (Lipinski definition) is 3. The smallest absolute Gasteiger partial charge is 0.408 e. The molecule has 2 atom stereocenters. The van der Waals surface area contributed by atoms with Gasteiger partial charge in [0.05, 0.1) is 6.42 Å². The Bertz CT molecular complexity index is 785. The highest BCUT2D eigenvalue weighted by Gasteiger charge is 2.39. The summed E-state index contributed by atoms with van der Waals surface area (Å²) in [4.78, 5) is 49.0. The zero-order chi connectivity index (χ0) is 21.1. The van der Waals surface area contributed by atoms with Crippen molar-refractivity contribution in [1.29, 1.82) is 0 Å². The molecule has 1 aliphatic heterocycles. The number of hydrogen-bond acceptors (Lipinski definition) is 5. The van der Waals surface area contributed by atoms with E-state index >= 15 is 0 Å². The van der Waals surface area contributed by atoms with Crippen molar-refractivity contribution in [1.82, 2.24) is 10.2 Å². The van der Waals surface area contributed by atoms with Crippen molar-refractivity contribution in [3.05, 3.63) is 35.4 Å². The van der Waals surface area contributed by atoms with Crippen LogP contribution in [-0.2, 0) is 32.1 Å². The Kier molecular flexibility index (Phi) is 6.27. The Morgan fingerprint density at radius 3 is 2.32 bits per heavy atom. The maximum absolute atomic E-state index is 13.0. The average molecular weight is 392 g/mol. The quantitative estimate of drug-likeness (QED) is 0.689. The number of nitrogens with one attached hydrogen (secondary N) is 1. The Hall–Kier alpha value is -3.10. The SMILES string of the molecule is CC(C)(C)OC(=O)NC(CC(=O)O)C(=O)N1Cc2ccccc2C[C@H]1C(=O)O. The number of rotatable bonds is 5. The van der Waals surface area contributed by atoms with Crippen LogP contribution in [0.2, 0.25) is 0 Å². The first kappa shape index (κ1) is 21.2. The molecule has 2 rings (SSSR count). The third kappa shape index (κ3) is 5.45. The Labute approximate surface area is 162 Å². The summed E-state index contributed by atoms with van der Waals surface area (Å²) in [6.45, 7) is 4.89. The summed E-state index contributed by atoms with van der Waals surface area (Å²) in [5, 5.41) is 20.9. The predicted molar refractivity (Wildman–Crippen MR) is 97.5 cm³/mol. The van der Waals surface area contributed by atoms with Gasteiger partial charge in [-0.3, -0.25) is 9.59 Å². The largest absolute Gasteiger partial charge is 0.481 e. The molecular weight excluding hydrogens is 368 g/mol. The fraction of sp³-hybridized carbons (Fsp3) is 0.474. The van der Waals surface area contributed by atoms with Gasteiger partial charge in [0.1, 0.15) is 17.7 Å². The van der Waals surface area contributed by atoms with E-state index in [4.69, 9.17) is 9.84 Å². The van der Waals surface area contributed by atoms with E-state index < -0.39 is 48.0 Å². The number of benzene rings is 1. The lowest BCUT2D eigenvalue weighted by Crippen LogP contribution is -2.56. The van der Waals surface area contributed by atoms with Crippen molar-refractivity contribution in [2.75, 3.05) is 0 Å². The molecule has 28 heavy (non-hydrogen) atoms. The van der Waals surface area contributed by atoms with Gasteiger partial charge in [0.25, 0.3) is 0 Å². The van der Waals surface area contributed by atoms with E-state index in [1.165, 1.54) is 0 Å². The molecule has 0 radical (unpaired) electrons. The maximum atomic E-state index is 13.0. The zero-order valence-corrected chi connectivity index (χ0v) is 16.0. The molecule has 152 valence electrons. The van der Waals surface area contributed by atoms with Gasteiger partial charge < -0.3 is 25.2 Å². The fourth-order valence-electron chi connectivity index (χ4n) is 3.00. The second-order valence-electron chi connectivity index (χ2n) is 7.59. The average Bonchev–Trinajstić information content (AvgIpc) is 2.57. The van der Waals surface area contributed by atoms with Crippen LogP contribution in [0.25, 0.3) is 0 Å². The van der Waals surface area contributed by atoms with Crippen molar-refractivity contribution in [2.45, 2.75) is 57.8 Å². The minimum atomic E-state index is -1.44. The molecule has 0 saturated carbocycles. The zero-order valence-electron chi connectivity index (χ0n) is 16.0. The van der Waals surface area contributed by atoms with Gasteiger partial charge in [-0.05, 0) is 31.9 Å². The third-order valence-corrected chi connectivity index (χ3v) is 4.18. The van der Waals surface area contributed by atoms with Crippen LogP contribution in [0, 0.1) is 0 Å². The van der Waals surface area contributed by atoms with Crippen LogP contribution in [0.4, 0.5) is 4.79 Å². The van der Waals surface area contributed by atoms with E-state index in [1.54, 1.807) is 45.0 Å². The topological polar surface area (TPSA) is 133 Å². The first-order valence-electron chi connectivity index (χ1n) is 8.79. The van der Waals surface area contributed by atoms with Crippen molar-refractivity contribution < 1.29 is 34.1 Å². The number of ether oxygens (including phenoxy) is 1. The van der Waals surface area contributed by atoms with Gasteiger partial charge in [0.2, 0.25) is 5.91 Å². The molecule has 0 fully saturated rings. The van der Waals surface area contributed by atoms with Crippen LogP contribution in [0.3, 0.4) is 0 Å². The summed E-state index contributed by atoms with van der Waals surface area (Å²) in [6.07, 6.45) is -1.54. The van der Waals surface area contributed by atoms with Gasteiger partial charge in [0.15, 0.2) is 0 Å². The van der Waals surface area contributed by atoms with E-state index in [0.29, 0.717) is 0 Å². The molecule has 0 aliphatic carbocycles. The monoisotopic (exact) mass is 392 g/mol. The highest BCUT2D eigenvalue weighted by Crippen LogP contribution is 2.24. The highest BCUT2D eigenvalue weighted by molar-refractivity contribution is 5.92. The fourth-order valence-corrected chi connectivity index (χ4v) is 3.00. The molecule has 1 aromatic carbocycles. The van der Waals surface area contributed by atoms with E-state index in [0.717, 1.165) is 16.0 Å². The number of carboxylic acids is 2.